The van der Waals surface area contributed by atoms with Gasteiger partial charge < -0.3 is 9.64 Å². The summed E-state index contributed by atoms with van der Waals surface area (Å²) < 4.78 is 6.60. The number of thiazole rings is 1. The molecule has 3 rings (SSSR count). The molecule has 33 heavy (non-hydrogen) atoms. The fraction of sp³-hybridized carbons (Fsp3) is 0.440. The first kappa shape index (κ1) is 27.4. The van der Waals surface area contributed by atoms with E-state index in [2.05, 4.69) is 37.8 Å². The summed E-state index contributed by atoms with van der Waals surface area (Å²) in [4.78, 5) is 23.6. The zero-order valence-corrected chi connectivity index (χ0v) is 22.3. The standard InChI is InChI=1S/C25H33N3O2S2.ClH/c1-5-27(6-2)16-17-28(22(29)13-10-18-31-20-11-8-7-9-12-20)25-26-23-21(30-4)15-14-19(3)24(23)32-25;/h7-9,11-12,14-15H,5-6,10,13,16-18H2,1-4H3;1H. The second kappa shape index (κ2) is 13.8. The van der Waals surface area contributed by atoms with Crippen LogP contribution in [-0.2, 0) is 4.79 Å². The highest BCUT2D eigenvalue weighted by atomic mass is 35.5. The number of carbonyl (C=O) groups excluding carboxylic acids is 1. The number of hydrogen-bond acceptors (Lipinski definition) is 6. The molecule has 2 aromatic carbocycles. The molecule has 0 unspecified atom stereocenters. The molecule has 8 heteroatoms. The van der Waals surface area contributed by atoms with Crippen molar-refractivity contribution in [2.75, 3.05) is 43.9 Å². The van der Waals surface area contributed by atoms with Crippen LogP contribution >= 0.6 is 35.5 Å². The Kier molecular flexibility index (Phi) is 11.5. The number of fused-ring (bicyclic) bond motifs is 1. The highest BCUT2D eigenvalue weighted by Crippen LogP contribution is 2.36. The van der Waals surface area contributed by atoms with Crippen LogP contribution in [0, 0.1) is 6.92 Å². The number of rotatable bonds is 12. The third-order valence-corrected chi connectivity index (χ3v) is 7.84. The monoisotopic (exact) mass is 507 g/mol. The molecule has 0 atom stereocenters. The maximum Gasteiger partial charge on any atom is 0.228 e. The van der Waals surface area contributed by atoms with Gasteiger partial charge in [-0.1, -0.05) is 49.4 Å². The van der Waals surface area contributed by atoms with E-state index in [1.54, 1.807) is 30.2 Å². The molecule has 0 saturated carbocycles. The van der Waals surface area contributed by atoms with E-state index in [0.29, 0.717) is 13.0 Å². The number of ether oxygens (including phenoxy) is 1. The number of carbonyl (C=O) groups is 1. The number of methoxy groups -OCH3 is 1. The van der Waals surface area contributed by atoms with Crippen molar-refractivity contribution >= 4 is 56.8 Å². The lowest BCUT2D eigenvalue weighted by atomic mass is 10.2. The van der Waals surface area contributed by atoms with Gasteiger partial charge in [-0.05, 0) is 55.9 Å². The summed E-state index contributed by atoms with van der Waals surface area (Å²) in [6.45, 7) is 9.81. The SMILES string of the molecule is CCN(CC)CCN(C(=O)CCCSc1ccccc1)c1nc2c(OC)ccc(C)c2s1.Cl. The molecule has 180 valence electrons. The smallest absolute Gasteiger partial charge is 0.228 e. The first-order chi connectivity index (χ1) is 15.6. The predicted octanol–water partition coefficient (Wildman–Crippen LogP) is 6.28. The maximum atomic E-state index is 13.3. The number of hydrogen-bond donors (Lipinski definition) is 0. The van der Waals surface area contributed by atoms with E-state index in [1.807, 2.05) is 35.2 Å². The average Bonchev–Trinajstić information content (AvgIpc) is 3.26. The fourth-order valence-corrected chi connectivity index (χ4v) is 5.52. The first-order valence-corrected chi connectivity index (χ1v) is 13.0. The normalized spacial score (nSPS) is 10.9. The minimum atomic E-state index is 0. The van der Waals surface area contributed by atoms with Crippen molar-refractivity contribution in [2.24, 2.45) is 0 Å². The van der Waals surface area contributed by atoms with E-state index in [4.69, 9.17) is 9.72 Å². The fourth-order valence-electron chi connectivity index (χ4n) is 3.55. The third-order valence-electron chi connectivity index (χ3n) is 5.53. The van der Waals surface area contributed by atoms with Crippen molar-refractivity contribution < 1.29 is 9.53 Å². The van der Waals surface area contributed by atoms with Gasteiger partial charge in [-0.25, -0.2) is 4.98 Å². The molecule has 0 N–H and O–H groups in total. The van der Waals surface area contributed by atoms with Crippen LogP contribution in [0.1, 0.15) is 32.3 Å². The molecule has 0 spiro atoms. The molecule has 0 aliphatic carbocycles. The quantitative estimate of drug-likeness (QED) is 0.213. The highest BCUT2D eigenvalue weighted by molar-refractivity contribution is 7.99. The summed E-state index contributed by atoms with van der Waals surface area (Å²) in [6.07, 6.45) is 1.36. The van der Waals surface area contributed by atoms with Crippen LogP contribution in [0.5, 0.6) is 5.75 Å². The number of likely N-dealkylation sites (N-methyl/N-ethyl adjacent to an activating group) is 1. The number of amides is 1. The molecule has 1 aromatic heterocycles. The van der Waals surface area contributed by atoms with Crippen LogP contribution in [0.3, 0.4) is 0 Å². The van der Waals surface area contributed by atoms with Gasteiger partial charge in [-0.3, -0.25) is 9.69 Å². The van der Waals surface area contributed by atoms with Crippen molar-refractivity contribution in [3.05, 3.63) is 48.0 Å². The first-order valence-electron chi connectivity index (χ1n) is 11.2. The van der Waals surface area contributed by atoms with Crippen molar-refractivity contribution in [2.45, 2.75) is 38.5 Å². The molecule has 0 aliphatic rings. The number of benzene rings is 2. The number of anilines is 1. The van der Waals surface area contributed by atoms with Gasteiger partial charge in [0.25, 0.3) is 0 Å². The molecular weight excluding hydrogens is 474 g/mol. The molecule has 3 aromatic rings. The topological polar surface area (TPSA) is 45.7 Å². The van der Waals surface area contributed by atoms with Gasteiger partial charge in [0, 0.05) is 24.4 Å². The largest absolute Gasteiger partial charge is 0.494 e. The summed E-state index contributed by atoms with van der Waals surface area (Å²) in [5.41, 5.74) is 1.99. The minimum Gasteiger partial charge on any atom is -0.494 e. The second-order valence-electron chi connectivity index (χ2n) is 7.60. The number of nitrogens with zero attached hydrogens (tertiary/aromatic N) is 3. The van der Waals surface area contributed by atoms with Gasteiger partial charge in [0.2, 0.25) is 5.91 Å². The average molecular weight is 508 g/mol. The van der Waals surface area contributed by atoms with Crippen LogP contribution in [0.4, 0.5) is 5.13 Å². The van der Waals surface area contributed by atoms with E-state index in [0.717, 1.165) is 58.5 Å². The van der Waals surface area contributed by atoms with Crippen LogP contribution in [-0.4, -0.2) is 54.8 Å². The lowest BCUT2D eigenvalue weighted by Gasteiger charge is -2.24. The summed E-state index contributed by atoms with van der Waals surface area (Å²) in [5, 5.41) is 0.764. The molecule has 5 nitrogen and oxygen atoms in total. The van der Waals surface area contributed by atoms with Crippen molar-refractivity contribution in [1.82, 2.24) is 9.88 Å². The van der Waals surface area contributed by atoms with E-state index in [1.165, 1.54) is 4.90 Å². The molecule has 0 aliphatic heterocycles. The van der Waals surface area contributed by atoms with Gasteiger partial charge in [0.05, 0.1) is 11.8 Å². The lowest BCUT2D eigenvalue weighted by molar-refractivity contribution is -0.118. The second-order valence-corrected chi connectivity index (χ2v) is 9.74. The van der Waals surface area contributed by atoms with Crippen molar-refractivity contribution in [3.63, 3.8) is 0 Å². The van der Waals surface area contributed by atoms with E-state index in [9.17, 15) is 4.79 Å². The molecule has 0 bridgehead atoms. The number of aromatic nitrogens is 1. The van der Waals surface area contributed by atoms with Gasteiger partial charge in [-0.15, -0.1) is 24.2 Å². The molecular formula is C25H34ClN3O2S2. The Morgan fingerprint density at radius 2 is 1.82 bits per heavy atom. The Labute approximate surface area is 211 Å². The van der Waals surface area contributed by atoms with E-state index < -0.39 is 0 Å². The summed E-state index contributed by atoms with van der Waals surface area (Å²) in [7, 11) is 1.66. The number of aryl methyl sites for hydroxylation is 1. The Bertz CT molecular complexity index is 1010. The molecule has 1 amide bonds. The van der Waals surface area contributed by atoms with Gasteiger partial charge in [0.1, 0.15) is 11.3 Å². The van der Waals surface area contributed by atoms with Gasteiger partial charge >= 0.3 is 0 Å². The van der Waals surface area contributed by atoms with Gasteiger partial charge in [0.15, 0.2) is 5.13 Å². The van der Waals surface area contributed by atoms with Gasteiger partial charge in [-0.2, -0.15) is 0 Å². The lowest BCUT2D eigenvalue weighted by Crippen LogP contribution is -2.38. The van der Waals surface area contributed by atoms with Crippen LogP contribution in [0.15, 0.2) is 47.4 Å². The Morgan fingerprint density at radius 3 is 2.48 bits per heavy atom. The minimum absolute atomic E-state index is 0. The Morgan fingerprint density at radius 1 is 1.09 bits per heavy atom. The summed E-state index contributed by atoms with van der Waals surface area (Å²) >= 11 is 3.38. The maximum absolute atomic E-state index is 13.3. The van der Waals surface area contributed by atoms with Crippen LogP contribution in [0.2, 0.25) is 0 Å². The van der Waals surface area contributed by atoms with Crippen molar-refractivity contribution in [1.29, 1.82) is 0 Å². The summed E-state index contributed by atoms with van der Waals surface area (Å²) in [6, 6.07) is 14.3. The Balaban J connectivity index is 0.00000385. The predicted molar refractivity (Wildman–Crippen MR) is 145 cm³/mol. The Hall–Kier alpha value is -1.80. The van der Waals surface area contributed by atoms with E-state index in [-0.39, 0.29) is 18.3 Å². The molecule has 0 saturated heterocycles. The zero-order chi connectivity index (χ0) is 22.9. The van der Waals surface area contributed by atoms with E-state index >= 15 is 0 Å². The highest BCUT2D eigenvalue weighted by Gasteiger charge is 2.22. The zero-order valence-electron chi connectivity index (χ0n) is 19.9. The number of halogens is 1. The van der Waals surface area contributed by atoms with Crippen LogP contribution < -0.4 is 9.64 Å². The molecule has 0 radical (unpaired) electrons. The molecule has 1 heterocycles. The van der Waals surface area contributed by atoms with Crippen molar-refractivity contribution in [3.8, 4) is 5.75 Å². The number of thioether (sulfide) groups is 1. The van der Waals surface area contributed by atoms with Crippen LogP contribution in [0.25, 0.3) is 10.2 Å². The summed E-state index contributed by atoms with van der Waals surface area (Å²) in [5.74, 6) is 1.82. The third kappa shape index (κ3) is 7.34. The molecule has 0 fully saturated rings.